The van der Waals surface area contributed by atoms with Crippen molar-refractivity contribution in [3.05, 3.63) is 64.7 Å². The second-order valence-electron chi connectivity index (χ2n) is 11.1. The van der Waals surface area contributed by atoms with E-state index in [1.54, 1.807) is 12.1 Å². The quantitative estimate of drug-likeness (QED) is 0.200. The fourth-order valence-electron chi connectivity index (χ4n) is 4.73. The van der Waals surface area contributed by atoms with Crippen molar-refractivity contribution < 1.29 is 19.5 Å². The Hall–Kier alpha value is -3.15. The minimum atomic E-state index is -1.01. The summed E-state index contributed by atoms with van der Waals surface area (Å²) in [5.74, 6) is -1.40. The molecule has 0 saturated heterocycles. The maximum Gasteiger partial charge on any atom is 0.335 e. The van der Waals surface area contributed by atoms with Gasteiger partial charge in [0.1, 0.15) is 6.61 Å². The van der Waals surface area contributed by atoms with E-state index in [0.29, 0.717) is 17.9 Å². The van der Waals surface area contributed by atoms with E-state index in [2.05, 4.69) is 57.2 Å². The number of rotatable bonds is 11. The first-order valence-corrected chi connectivity index (χ1v) is 13.1. The third kappa shape index (κ3) is 6.74. The molecule has 194 valence electrons. The molecule has 0 aromatic heterocycles. The Morgan fingerprint density at radius 1 is 0.889 bits per heavy atom. The van der Waals surface area contributed by atoms with Gasteiger partial charge in [-0.1, -0.05) is 71.2 Å². The highest BCUT2D eigenvalue weighted by atomic mass is 16.6. The summed E-state index contributed by atoms with van der Waals surface area (Å²) >= 11 is 0. The van der Waals surface area contributed by atoms with E-state index in [9.17, 15) is 9.59 Å². The van der Waals surface area contributed by atoms with Crippen molar-refractivity contribution in [2.24, 2.45) is 5.16 Å². The van der Waals surface area contributed by atoms with Gasteiger partial charge in [0.2, 0.25) is 0 Å². The van der Waals surface area contributed by atoms with Crippen LogP contribution in [0.2, 0.25) is 0 Å². The number of carbonyl (C=O) groups is 2. The van der Waals surface area contributed by atoms with Crippen molar-refractivity contribution in [1.29, 1.82) is 0 Å². The number of aromatic carboxylic acids is 1. The minimum Gasteiger partial charge on any atom is -0.478 e. The van der Waals surface area contributed by atoms with Gasteiger partial charge in [-0.2, -0.15) is 0 Å². The van der Waals surface area contributed by atoms with Crippen LogP contribution in [0.3, 0.4) is 0 Å². The number of carbonyl (C=O) groups excluding carboxylic acids is 1. The van der Waals surface area contributed by atoms with E-state index < -0.39 is 11.9 Å². The first-order valence-electron chi connectivity index (χ1n) is 13.1. The normalized spacial score (nSPS) is 16.2. The first kappa shape index (κ1) is 27.4. The number of amides is 1. The van der Waals surface area contributed by atoms with Gasteiger partial charge in [-0.05, 0) is 78.0 Å². The summed E-state index contributed by atoms with van der Waals surface area (Å²) in [7, 11) is 0. The maximum atomic E-state index is 13.4. The Balaban J connectivity index is 1.88. The molecule has 2 aromatic carbocycles. The van der Waals surface area contributed by atoms with Crippen LogP contribution in [0, 0.1) is 0 Å². The van der Waals surface area contributed by atoms with Gasteiger partial charge in [-0.3, -0.25) is 4.79 Å². The number of benzene rings is 2. The molecule has 6 heteroatoms. The van der Waals surface area contributed by atoms with Gasteiger partial charge in [0.25, 0.3) is 5.91 Å². The van der Waals surface area contributed by atoms with Gasteiger partial charge in [0.05, 0.1) is 5.56 Å². The lowest BCUT2D eigenvalue weighted by molar-refractivity contribution is -0.110. The monoisotopic (exact) mass is 492 g/mol. The molecule has 0 spiro atoms. The van der Waals surface area contributed by atoms with E-state index in [4.69, 9.17) is 9.94 Å². The van der Waals surface area contributed by atoms with Gasteiger partial charge < -0.3 is 15.3 Å². The number of nitrogens with zero attached hydrogens (tertiary/aromatic N) is 1. The number of fused-ring (bicyclic) bond motifs is 1. The van der Waals surface area contributed by atoms with Crippen LogP contribution >= 0.6 is 0 Å². The number of carboxylic acids is 1. The molecule has 3 rings (SSSR count). The van der Waals surface area contributed by atoms with Crippen molar-refractivity contribution in [2.75, 3.05) is 11.9 Å². The fraction of sp³-hybridized carbons (Fsp3) is 0.500. The average molecular weight is 493 g/mol. The molecule has 1 amide bonds. The van der Waals surface area contributed by atoms with Gasteiger partial charge >= 0.3 is 5.97 Å². The van der Waals surface area contributed by atoms with Crippen LogP contribution in [0.15, 0.2) is 47.6 Å². The minimum absolute atomic E-state index is 0.00471. The molecular weight excluding hydrogens is 452 g/mol. The average Bonchev–Trinajstić information content (AvgIpc) is 2.84. The zero-order chi connectivity index (χ0) is 26.3. The zero-order valence-corrected chi connectivity index (χ0v) is 22.3. The number of oxime groups is 1. The Labute approximate surface area is 215 Å². The number of hydrogen-bond donors (Lipinski definition) is 2. The molecule has 0 radical (unpaired) electrons. The second-order valence-corrected chi connectivity index (χ2v) is 11.1. The van der Waals surface area contributed by atoms with Gasteiger partial charge in [0.15, 0.2) is 5.71 Å². The number of anilines is 1. The number of carboxylic acid groups (broad SMARTS) is 1. The van der Waals surface area contributed by atoms with E-state index in [1.807, 2.05) is 6.07 Å². The van der Waals surface area contributed by atoms with Crippen molar-refractivity contribution in [3.63, 3.8) is 0 Å². The van der Waals surface area contributed by atoms with Crippen molar-refractivity contribution in [1.82, 2.24) is 0 Å². The lowest BCUT2D eigenvalue weighted by atomic mass is 9.63. The van der Waals surface area contributed by atoms with E-state index in [1.165, 1.54) is 42.5 Å². The molecule has 6 nitrogen and oxygen atoms in total. The molecule has 36 heavy (non-hydrogen) atoms. The molecule has 2 aromatic rings. The molecule has 1 aliphatic carbocycles. The highest BCUT2D eigenvalue weighted by Gasteiger charge is 2.37. The highest BCUT2D eigenvalue weighted by Crippen LogP contribution is 2.46. The van der Waals surface area contributed by atoms with Crippen LogP contribution in [0.1, 0.15) is 107 Å². The Morgan fingerprint density at radius 2 is 1.50 bits per heavy atom. The lowest BCUT2D eigenvalue weighted by Gasteiger charge is -2.42. The molecule has 0 heterocycles. The summed E-state index contributed by atoms with van der Waals surface area (Å²) in [5.41, 5.74) is 4.20. The van der Waals surface area contributed by atoms with E-state index in [0.717, 1.165) is 25.7 Å². The largest absolute Gasteiger partial charge is 0.478 e. The van der Waals surface area contributed by atoms with Crippen LogP contribution < -0.4 is 5.32 Å². The summed E-state index contributed by atoms with van der Waals surface area (Å²) in [6.07, 6.45) is 7.70. The molecule has 0 unspecified atom stereocenters. The first-order chi connectivity index (χ1) is 17.0. The van der Waals surface area contributed by atoms with Crippen LogP contribution in [-0.2, 0) is 20.5 Å². The van der Waals surface area contributed by atoms with Crippen molar-refractivity contribution >= 4 is 23.3 Å². The summed E-state index contributed by atoms with van der Waals surface area (Å²) in [6.45, 7) is 11.7. The summed E-state index contributed by atoms with van der Waals surface area (Å²) < 4.78 is 0. The van der Waals surface area contributed by atoms with Gasteiger partial charge in [-0.25, -0.2) is 4.79 Å². The number of hydrogen-bond acceptors (Lipinski definition) is 4. The SMILES string of the molecule is CCCCCCCO/N=C(/C(=O)Nc1ccc(C(=O)O)cc1)c1ccc2c(c1)C(C)(C)CCC2(C)C. The Bertz CT molecular complexity index is 1100. The molecule has 0 aliphatic heterocycles. The summed E-state index contributed by atoms with van der Waals surface area (Å²) in [6, 6.07) is 12.3. The van der Waals surface area contributed by atoms with Gasteiger partial charge in [-0.15, -0.1) is 0 Å². The van der Waals surface area contributed by atoms with Crippen LogP contribution in [-0.4, -0.2) is 29.3 Å². The zero-order valence-electron chi connectivity index (χ0n) is 22.3. The Kier molecular flexibility index (Phi) is 8.93. The predicted molar refractivity (Wildman–Crippen MR) is 145 cm³/mol. The molecule has 0 fully saturated rings. The topological polar surface area (TPSA) is 88.0 Å². The van der Waals surface area contributed by atoms with Crippen LogP contribution in [0.25, 0.3) is 0 Å². The predicted octanol–water partition coefficient (Wildman–Crippen LogP) is 7.06. The Morgan fingerprint density at radius 3 is 2.14 bits per heavy atom. The molecule has 1 aliphatic rings. The third-order valence-electron chi connectivity index (χ3n) is 7.23. The smallest absolute Gasteiger partial charge is 0.335 e. The molecule has 0 bridgehead atoms. The van der Waals surface area contributed by atoms with E-state index >= 15 is 0 Å². The number of nitrogens with one attached hydrogen (secondary N) is 1. The lowest BCUT2D eigenvalue weighted by Crippen LogP contribution is -2.34. The standard InChI is InChI=1S/C30H40N2O4/c1-6-7-8-9-10-19-36-32-26(27(33)31-23-14-11-21(12-15-23)28(34)35)22-13-16-24-25(20-22)30(4,5)18-17-29(24,2)3/h11-16,20H,6-10,17-19H2,1-5H3,(H,31,33)(H,34,35)/b32-26+. The number of unbranched alkanes of at least 4 members (excludes halogenated alkanes) is 4. The second kappa shape index (κ2) is 11.7. The van der Waals surface area contributed by atoms with Gasteiger partial charge in [0, 0.05) is 11.3 Å². The summed E-state index contributed by atoms with van der Waals surface area (Å²) in [5, 5.41) is 16.3. The highest BCUT2D eigenvalue weighted by molar-refractivity contribution is 6.48. The molecule has 2 N–H and O–H groups in total. The van der Waals surface area contributed by atoms with E-state index in [-0.39, 0.29) is 22.1 Å². The van der Waals surface area contributed by atoms with Crippen molar-refractivity contribution in [3.8, 4) is 0 Å². The van der Waals surface area contributed by atoms with Crippen molar-refractivity contribution in [2.45, 2.75) is 90.4 Å². The molecule has 0 saturated carbocycles. The fourth-order valence-corrected chi connectivity index (χ4v) is 4.73. The molecule has 0 atom stereocenters. The van der Waals surface area contributed by atoms with Crippen LogP contribution in [0.5, 0.6) is 0 Å². The third-order valence-corrected chi connectivity index (χ3v) is 7.23. The van der Waals surface area contributed by atoms with Crippen LogP contribution in [0.4, 0.5) is 5.69 Å². The maximum absolute atomic E-state index is 13.4. The summed E-state index contributed by atoms with van der Waals surface area (Å²) in [4.78, 5) is 30.1. The molecular formula is C30H40N2O4.